The Balaban J connectivity index is 2.96. The summed E-state index contributed by atoms with van der Waals surface area (Å²) in [7, 11) is -4.08. The number of rotatable bonds is 6. The van der Waals surface area contributed by atoms with Crippen molar-refractivity contribution >= 4 is 21.6 Å². The van der Waals surface area contributed by atoms with E-state index in [9.17, 15) is 22.7 Å². The highest BCUT2D eigenvalue weighted by Crippen LogP contribution is 2.19. The lowest BCUT2D eigenvalue weighted by atomic mass is 10.1. The second-order valence-electron chi connectivity index (χ2n) is 5.00. The number of benzene rings is 1. The predicted octanol–water partition coefficient (Wildman–Crippen LogP) is 1.22. The SMILES string of the molecule is CCC(C)(O)CNS(=O)(=O)c1ccc(NC(C)=O)cc1F. The molecule has 1 aromatic carbocycles. The molecule has 1 atom stereocenters. The first-order valence-corrected chi connectivity index (χ1v) is 7.85. The van der Waals surface area contributed by atoms with Crippen LogP contribution in [-0.2, 0) is 14.8 Å². The van der Waals surface area contributed by atoms with Crippen molar-refractivity contribution < 1.29 is 22.7 Å². The zero-order valence-corrected chi connectivity index (χ0v) is 12.9. The van der Waals surface area contributed by atoms with Crippen LogP contribution in [0, 0.1) is 5.82 Å². The van der Waals surface area contributed by atoms with Gasteiger partial charge in [0, 0.05) is 19.2 Å². The molecule has 8 heteroatoms. The van der Waals surface area contributed by atoms with Crippen molar-refractivity contribution in [2.75, 3.05) is 11.9 Å². The maximum Gasteiger partial charge on any atom is 0.243 e. The van der Waals surface area contributed by atoms with E-state index in [0.29, 0.717) is 6.42 Å². The highest BCUT2D eigenvalue weighted by molar-refractivity contribution is 7.89. The van der Waals surface area contributed by atoms with Crippen LogP contribution in [0.25, 0.3) is 0 Å². The van der Waals surface area contributed by atoms with Gasteiger partial charge >= 0.3 is 0 Å². The molecule has 1 rings (SSSR count). The van der Waals surface area contributed by atoms with Gasteiger partial charge in [-0.1, -0.05) is 6.92 Å². The molecule has 0 saturated carbocycles. The number of carbonyl (C=O) groups excluding carboxylic acids is 1. The number of hydrogen-bond acceptors (Lipinski definition) is 4. The minimum atomic E-state index is -4.08. The number of sulfonamides is 1. The second kappa shape index (κ2) is 6.50. The summed E-state index contributed by atoms with van der Waals surface area (Å²) in [4.78, 5) is 10.3. The van der Waals surface area contributed by atoms with Crippen molar-refractivity contribution in [1.82, 2.24) is 4.72 Å². The van der Waals surface area contributed by atoms with Crippen LogP contribution in [-0.4, -0.2) is 31.6 Å². The van der Waals surface area contributed by atoms with Crippen LogP contribution in [0.3, 0.4) is 0 Å². The number of amides is 1. The lowest BCUT2D eigenvalue weighted by molar-refractivity contribution is -0.114. The van der Waals surface area contributed by atoms with Crippen molar-refractivity contribution in [2.24, 2.45) is 0 Å². The maximum absolute atomic E-state index is 13.9. The van der Waals surface area contributed by atoms with Gasteiger partial charge in [-0.15, -0.1) is 0 Å². The van der Waals surface area contributed by atoms with Gasteiger partial charge in [-0.2, -0.15) is 0 Å². The van der Waals surface area contributed by atoms with Crippen LogP contribution in [0.1, 0.15) is 27.2 Å². The quantitative estimate of drug-likeness (QED) is 0.735. The summed E-state index contributed by atoms with van der Waals surface area (Å²) in [5.41, 5.74) is -1.04. The third-order valence-corrected chi connectivity index (χ3v) is 4.38. The molecule has 0 aliphatic heterocycles. The van der Waals surface area contributed by atoms with E-state index >= 15 is 0 Å². The minimum absolute atomic E-state index is 0.166. The van der Waals surface area contributed by atoms with Gasteiger partial charge in [-0.3, -0.25) is 4.79 Å². The van der Waals surface area contributed by atoms with Crippen LogP contribution < -0.4 is 10.0 Å². The van der Waals surface area contributed by atoms with E-state index in [-0.39, 0.29) is 18.1 Å². The van der Waals surface area contributed by atoms with Gasteiger partial charge in [-0.25, -0.2) is 17.5 Å². The number of anilines is 1. The first-order chi connectivity index (χ1) is 9.57. The van der Waals surface area contributed by atoms with E-state index in [2.05, 4.69) is 10.0 Å². The third-order valence-electron chi connectivity index (χ3n) is 2.95. The number of halogens is 1. The lowest BCUT2D eigenvalue weighted by Gasteiger charge is -2.21. The fraction of sp³-hybridized carbons (Fsp3) is 0.462. The monoisotopic (exact) mass is 318 g/mol. The topological polar surface area (TPSA) is 95.5 Å². The Morgan fingerprint density at radius 3 is 2.52 bits per heavy atom. The standard InChI is InChI=1S/C13H19FN2O4S/c1-4-13(3,18)8-15-21(19,20)12-6-5-10(7-11(12)14)16-9(2)17/h5-7,15,18H,4,8H2,1-3H3,(H,16,17). The summed E-state index contributed by atoms with van der Waals surface area (Å²) >= 11 is 0. The molecule has 0 bridgehead atoms. The Labute approximate surface area is 123 Å². The van der Waals surface area contributed by atoms with E-state index in [1.807, 2.05) is 0 Å². The molecule has 0 fully saturated rings. The molecule has 3 N–H and O–H groups in total. The molecular formula is C13H19FN2O4S. The molecule has 0 radical (unpaired) electrons. The van der Waals surface area contributed by atoms with E-state index in [1.54, 1.807) is 6.92 Å². The number of aliphatic hydroxyl groups is 1. The molecule has 0 aliphatic carbocycles. The van der Waals surface area contributed by atoms with Crippen LogP contribution in [0.2, 0.25) is 0 Å². The van der Waals surface area contributed by atoms with Gasteiger partial charge in [0.1, 0.15) is 10.7 Å². The van der Waals surface area contributed by atoms with Crippen molar-refractivity contribution in [3.05, 3.63) is 24.0 Å². The molecule has 0 spiro atoms. The Hall–Kier alpha value is -1.51. The molecular weight excluding hydrogens is 299 g/mol. The molecule has 0 aliphatic rings. The first-order valence-electron chi connectivity index (χ1n) is 6.36. The van der Waals surface area contributed by atoms with Gasteiger partial charge in [-0.05, 0) is 31.5 Å². The Morgan fingerprint density at radius 1 is 1.43 bits per heavy atom. The molecule has 0 saturated heterocycles. The Kier molecular flexibility index (Phi) is 5.43. The van der Waals surface area contributed by atoms with Crippen LogP contribution >= 0.6 is 0 Å². The summed E-state index contributed by atoms with van der Waals surface area (Å²) in [6.45, 7) is 4.22. The molecule has 1 amide bonds. The van der Waals surface area contributed by atoms with Gasteiger partial charge in [0.05, 0.1) is 5.60 Å². The van der Waals surface area contributed by atoms with Gasteiger partial charge in [0.15, 0.2) is 0 Å². The van der Waals surface area contributed by atoms with Crippen LogP contribution in [0.4, 0.5) is 10.1 Å². The normalized spacial score (nSPS) is 14.5. The number of carbonyl (C=O) groups is 1. The van der Waals surface area contributed by atoms with Crippen molar-refractivity contribution in [2.45, 2.75) is 37.7 Å². The predicted molar refractivity (Wildman–Crippen MR) is 76.8 cm³/mol. The molecule has 118 valence electrons. The molecule has 0 aromatic heterocycles. The summed E-state index contributed by atoms with van der Waals surface area (Å²) in [6.07, 6.45) is 0.347. The Bertz CT molecular complexity index is 629. The number of hydrogen-bond donors (Lipinski definition) is 3. The highest BCUT2D eigenvalue weighted by atomic mass is 32.2. The molecule has 6 nitrogen and oxygen atoms in total. The van der Waals surface area contributed by atoms with Crippen LogP contribution in [0.15, 0.2) is 23.1 Å². The first kappa shape index (κ1) is 17.5. The summed E-state index contributed by atoms with van der Waals surface area (Å²) in [6, 6.07) is 3.27. The van der Waals surface area contributed by atoms with Crippen molar-refractivity contribution in [3.8, 4) is 0 Å². The zero-order valence-electron chi connectivity index (χ0n) is 12.1. The van der Waals surface area contributed by atoms with Crippen molar-refractivity contribution in [3.63, 3.8) is 0 Å². The molecule has 1 aromatic rings. The second-order valence-corrected chi connectivity index (χ2v) is 6.74. The van der Waals surface area contributed by atoms with Gasteiger partial charge < -0.3 is 10.4 Å². The Morgan fingerprint density at radius 2 is 2.05 bits per heavy atom. The fourth-order valence-electron chi connectivity index (χ4n) is 1.45. The largest absolute Gasteiger partial charge is 0.389 e. The minimum Gasteiger partial charge on any atom is -0.389 e. The van der Waals surface area contributed by atoms with E-state index in [1.165, 1.54) is 19.9 Å². The third kappa shape index (κ3) is 5.07. The maximum atomic E-state index is 13.9. The average molecular weight is 318 g/mol. The van der Waals surface area contributed by atoms with E-state index in [4.69, 9.17) is 0 Å². The smallest absolute Gasteiger partial charge is 0.243 e. The summed E-state index contributed by atoms with van der Waals surface area (Å²) in [5.74, 6) is -1.37. The van der Waals surface area contributed by atoms with Crippen LogP contribution in [0.5, 0.6) is 0 Å². The van der Waals surface area contributed by atoms with Crippen molar-refractivity contribution in [1.29, 1.82) is 0 Å². The zero-order chi connectivity index (χ0) is 16.3. The highest BCUT2D eigenvalue weighted by Gasteiger charge is 2.24. The van der Waals surface area contributed by atoms with Gasteiger partial charge in [0.25, 0.3) is 0 Å². The van der Waals surface area contributed by atoms with E-state index < -0.39 is 26.3 Å². The average Bonchev–Trinajstić information content (AvgIpc) is 2.36. The summed E-state index contributed by atoms with van der Waals surface area (Å²) < 4.78 is 40.0. The summed E-state index contributed by atoms with van der Waals surface area (Å²) in [5, 5.41) is 12.1. The molecule has 1 unspecified atom stereocenters. The van der Waals surface area contributed by atoms with E-state index in [0.717, 1.165) is 12.1 Å². The molecule has 21 heavy (non-hydrogen) atoms. The van der Waals surface area contributed by atoms with Gasteiger partial charge in [0.2, 0.25) is 15.9 Å². The lowest BCUT2D eigenvalue weighted by Crippen LogP contribution is -2.40. The molecule has 0 heterocycles. The fourth-order valence-corrected chi connectivity index (χ4v) is 2.67. The number of nitrogens with one attached hydrogen (secondary N) is 2.